The summed E-state index contributed by atoms with van der Waals surface area (Å²) in [6.45, 7) is 4.20. The molecule has 1 fully saturated rings. The largest absolute Gasteiger partial charge is 0.354 e. The molecule has 3 heterocycles. The summed E-state index contributed by atoms with van der Waals surface area (Å²) in [6.07, 6.45) is 6.11. The Morgan fingerprint density at radius 2 is 2.22 bits per heavy atom. The Morgan fingerprint density at radius 1 is 1.33 bits per heavy atom. The summed E-state index contributed by atoms with van der Waals surface area (Å²) in [5, 5.41) is 7.02. The Bertz CT molecular complexity index is 932. The van der Waals surface area contributed by atoms with Gasteiger partial charge in [-0.05, 0) is 67.8 Å². The molecular weight excluding hydrogens is 356 g/mol. The molecule has 140 valence electrons. The van der Waals surface area contributed by atoms with Crippen LogP contribution in [0, 0.1) is 6.92 Å². The van der Waals surface area contributed by atoms with Crippen molar-refractivity contribution in [3.05, 3.63) is 69.7 Å². The monoisotopic (exact) mass is 380 g/mol. The van der Waals surface area contributed by atoms with Crippen molar-refractivity contribution in [2.75, 3.05) is 13.6 Å². The van der Waals surface area contributed by atoms with Crippen molar-refractivity contribution in [1.29, 1.82) is 0 Å². The first-order valence-electron chi connectivity index (χ1n) is 9.31. The van der Waals surface area contributed by atoms with Gasteiger partial charge in [-0.1, -0.05) is 6.07 Å². The van der Waals surface area contributed by atoms with Gasteiger partial charge in [0.1, 0.15) is 0 Å². The maximum absolute atomic E-state index is 11.9. The van der Waals surface area contributed by atoms with E-state index in [0.29, 0.717) is 6.04 Å². The highest BCUT2D eigenvalue weighted by Gasteiger charge is 2.28. The Morgan fingerprint density at radius 3 is 2.96 bits per heavy atom. The Balaban J connectivity index is 1.51. The van der Waals surface area contributed by atoms with Crippen molar-refractivity contribution in [2.24, 2.45) is 0 Å². The highest BCUT2D eigenvalue weighted by atomic mass is 32.1. The average Bonchev–Trinajstić information content (AvgIpc) is 3.43. The topological polar surface area (TPSA) is 50.2 Å². The van der Waals surface area contributed by atoms with Gasteiger partial charge in [0.25, 0.3) is 5.91 Å². The highest BCUT2D eigenvalue weighted by Crippen LogP contribution is 2.37. The molecule has 0 bridgehead atoms. The van der Waals surface area contributed by atoms with Crippen LogP contribution in [0.15, 0.2) is 48.8 Å². The highest BCUT2D eigenvalue weighted by molar-refractivity contribution is 7.14. The van der Waals surface area contributed by atoms with Crippen LogP contribution >= 0.6 is 11.3 Å². The van der Waals surface area contributed by atoms with Crippen molar-refractivity contribution < 1.29 is 4.79 Å². The second-order valence-electron chi connectivity index (χ2n) is 6.97. The van der Waals surface area contributed by atoms with E-state index >= 15 is 0 Å². The lowest BCUT2D eigenvalue weighted by Gasteiger charge is -2.24. The first kappa shape index (κ1) is 17.9. The molecule has 27 heavy (non-hydrogen) atoms. The number of likely N-dealkylation sites (tertiary alicyclic amines) is 1. The number of carbonyl (C=O) groups excluding carboxylic acids is 1. The summed E-state index contributed by atoms with van der Waals surface area (Å²) in [5.41, 5.74) is 3.72. The maximum Gasteiger partial charge on any atom is 0.261 e. The summed E-state index contributed by atoms with van der Waals surface area (Å²) in [4.78, 5) is 16.5. The zero-order valence-electron chi connectivity index (χ0n) is 15.7. The SMILES string of the molecule is CNC(=O)c1ccc([C@@H]2CCCN2Cc2ccc(-n3cccn3)cc2C)s1. The average molecular weight is 381 g/mol. The van der Waals surface area contributed by atoms with Gasteiger partial charge in [-0.2, -0.15) is 5.10 Å². The summed E-state index contributed by atoms with van der Waals surface area (Å²) < 4.78 is 1.89. The van der Waals surface area contributed by atoms with Gasteiger partial charge < -0.3 is 5.32 Å². The van der Waals surface area contributed by atoms with Crippen LogP contribution in [0.4, 0.5) is 0 Å². The number of benzene rings is 1. The Kier molecular flexibility index (Phi) is 5.09. The zero-order chi connectivity index (χ0) is 18.8. The summed E-state index contributed by atoms with van der Waals surface area (Å²) >= 11 is 1.62. The van der Waals surface area contributed by atoms with E-state index in [1.165, 1.54) is 22.4 Å². The van der Waals surface area contributed by atoms with E-state index in [4.69, 9.17) is 0 Å². The third-order valence-electron chi connectivity index (χ3n) is 5.24. The van der Waals surface area contributed by atoms with Crippen LogP contribution < -0.4 is 5.32 Å². The molecule has 1 aliphatic heterocycles. The van der Waals surface area contributed by atoms with Gasteiger partial charge >= 0.3 is 0 Å². The number of carbonyl (C=O) groups is 1. The van der Waals surface area contributed by atoms with Crippen LogP contribution in [0.2, 0.25) is 0 Å². The summed E-state index contributed by atoms with van der Waals surface area (Å²) in [7, 11) is 1.68. The third kappa shape index (κ3) is 3.68. The van der Waals surface area contributed by atoms with Crippen LogP contribution in [-0.2, 0) is 6.54 Å². The van der Waals surface area contributed by atoms with Crippen LogP contribution in [-0.4, -0.2) is 34.2 Å². The molecule has 1 saturated heterocycles. The first-order chi connectivity index (χ1) is 13.2. The Hall–Kier alpha value is -2.44. The van der Waals surface area contributed by atoms with Crippen molar-refractivity contribution in [1.82, 2.24) is 20.0 Å². The van der Waals surface area contributed by atoms with Gasteiger partial charge in [-0.25, -0.2) is 4.68 Å². The number of thiophene rings is 1. The first-order valence-corrected chi connectivity index (χ1v) is 10.1. The minimum Gasteiger partial charge on any atom is -0.354 e. The van der Waals surface area contributed by atoms with Crippen LogP contribution in [0.3, 0.4) is 0 Å². The van der Waals surface area contributed by atoms with Crippen molar-refractivity contribution in [2.45, 2.75) is 32.4 Å². The quantitative estimate of drug-likeness (QED) is 0.729. The number of amides is 1. The fourth-order valence-electron chi connectivity index (χ4n) is 3.76. The molecule has 1 aromatic carbocycles. The molecule has 0 radical (unpaired) electrons. The molecule has 1 aliphatic rings. The number of aryl methyl sites for hydroxylation is 1. The second-order valence-corrected chi connectivity index (χ2v) is 8.09. The third-order valence-corrected chi connectivity index (χ3v) is 6.42. The molecule has 5 nitrogen and oxygen atoms in total. The minimum absolute atomic E-state index is 0.000789. The molecular formula is C21H24N4OS. The Labute approximate surface area is 163 Å². The second kappa shape index (κ2) is 7.66. The molecule has 0 spiro atoms. The van der Waals surface area contributed by atoms with E-state index in [-0.39, 0.29) is 5.91 Å². The maximum atomic E-state index is 11.9. The van der Waals surface area contributed by atoms with Gasteiger partial charge in [0.2, 0.25) is 0 Å². The normalized spacial score (nSPS) is 17.3. The van der Waals surface area contributed by atoms with Crippen molar-refractivity contribution >= 4 is 17.2 Å². The molecule has 2 aromatic heterocycles. The van der Waals surface area contributed by atoms with Gasteiger partial charge in [0, 0.05) is 36.9 Å². The number of aromatic nitrogens is 2. The number of hydrogen-bond donors (Lipinski definition) is 1. The number of rotatable bonds is 5. The molecule has 4 rings (SSSR count). The lowest BCUT2D eigenvalue weighted by atomic mass is 10.1. The molecule has 3 aromatic rings. The van der Waals surface area contributed by atoms with E-state index in [1.54, 1.807) is 24.6 Å². The van der Waals surface area contributed by atoms with Crippen LogP contribution in [0.5, 0.6) is 0 Å². The lowest BCUT2D eigenvalue weighted by Crippen LogP contribution is -2.22. The molecule has 0 saturated carbocycles. The van der Waals surface area contributed by atoms with Crippen molar-refractivity contribution in [3.63, 3.8) is 0 Å². The number of nitrogens with zero attached hydrogens (tertiary/aromatic N) is 3. The van der Waals surface area contributed by atoms with Crippen LogP contribution in [0.25, 0.3) is 5.69 Å². The standard InChI is InChI=1S/C21H24N4OS/c1-15-13-17(25-12-4-10-23-25)7-6-16(15)14-24-11-3-5-18(24)19-8-9-20(27-19)21(26)22-2/h4,6-10,12-13,18H,3,5,11,14H2,1-2H3,(H,22,26)/t18-/m0/s1. The van der Waals surface area contributed by atoms with Gasteiger partial charge in [-0.15, -0.1) is 11.3 Å². The molecule has 6 heteroatoms. The van der Waals surface area contributed by atoms with Gasteiger partial charge in [0.15, 0.2) is 0 Å². The van der Waals surface area contributed by atoms with E-state index in [0.717, 1.165) is 30.1 Å². The zero-order valence-corrected chi connectivity index (χ0v) is 16.5. The van der Waals surface area contributed by atoms with Crippen molar-refractivity contribution in [3.8, 4) is 5.69 Å². The molecule has 1 atom stereocenters. The molecule has 1 amide bonds. The van der Waals surface area contributed by atoms with Gasteiger partial charge in [0.05, 0.1) is 10.6 Å². The fourth-order valence-corrected chi connectivity index (χ4v) is 4.88. The smallest absolute Gasteiger partial charge is 0.261 e. The predicted octanol–water partition coefficient (Wildman–Crippen LogP) is 3.94. The summed E-state index contributed by atoms with van der Waals surface area (Å²) in [5.74, 6) is 0.000789. The molecule has 0 aliphatic carbocycles. The minimum atomic E-state index is 0.000789. The van der Waals surface area contributed by atoms with Gasteiger partial charge in [-0.3, -0.25) is 9.69 Å². The van der Waals surface area contributed by atoms with Crippen LogP contribution in [0.1, 0.15) is 44.6 Å². The molecule has 0 unspecified atom stereocenters. The predicted molar refractivity (Wildman–Crippen MR) is 108 cm³/mol. The summed E-state index contributed by atoms with van der Waals surface area (Å²) in [6, 6.07) is 12.9. The van der Waals surface area contributed by atoms with E-state index in [2.05, 4.69) is 46.5 Å². The number of hydrogen-bond acceptors (Lipinski definition) is 4. The fraction of sp³-hybridized carbons (Fsp3) is 0.333. The van der Waals surface area contributed by atoms with E-state index in [1.807, 2.05) is 23.0 Å². The number of nitrogens with one attached hydrogen (secondary N) is 1. The van der Waals surface area contributed by atoms with E-state index in [9.17, 15) is 4.79 Å². The van der Waals surface area contributed by atoms with E-state index < -0.39 is 0 Å². The molecule has 1 N–H and O–H groups in total. The lowest BCUT2D eigenvalue weighted by molar-refractivity contribution is 0.0967.